The molecule has 0 saturated heterocycles. The standard InChI is InChI=1S/C10H20N2O/c1-4-6-11-8-10(13)12-7-5-9(2)3/h4,9,11H,1,5-8H2,2-3H3,(H,12,13). The second-order valence-electron chi connectivity index (χ2n) is 3.45. The summed E-state index contributed by atoms with van der Waals surface area (Å²) in [7, 11) is 0. The van der Waals surface area contributed by atoms with Crippen LogP contribution in [0.4, 0.5) is 0 Å². The summed E-state index contributed by atoms with van der Waals surface area (Å²) < 4.78 is 0. The lowest BCUT2D eigenvalue weighted by atomic mass is 10.1. The van der Waals surface area contributed by atoms with Crippen molar-refractivity contribution in [3.8, 4) is 0 Å². The van der Waals surface area contributed by atoms with E-state index < -0.39 is 0 Å². The fourth-order valence-electron chi connectivity index (χ4n) is 0.851. The van der Waals surface area contributed by atoms with Gasteiger partial charge in [0.1, 0.15) is 0 Å². The van der Waals surface area contributed by atoms with Gasteiger partial charge in [0.25, 0.3) is 0 Å². The van der Waals surface area contributed by atoms with Crippen LogP contribution in [0, 0.1) is 5.92 Å². The monoisotopic (exact) mass is 184 g/mol. The van der Waals surface area contributed by atoms with Gasteiger partial charge in [-0.25, -0.2) is 0 Å². The Bertz CT molecular complexity index is 155. The van der Waals surface area contributed by atoms with Crippen LogP contribution in [0.1, 0.15) is 20.3 Å². The first-order valence-electron chi connectivity index (χ1n) is 4.75. The second-order valence-corrected chi connectivity index (χ2v) is 3.45. The molecule has 13 heavy (non-hydrogen) atoms. The normalized spacial score (nSPS) is 10.1. The summed E-state index contributed by atoms with van der Waals surface area (Å²) in [6, 6.07) is 0. The Balaban J connectivity index is 3.25. The summed E-state index contributed by atoms with van der Waals surface area (Å²) in [6.45, 7) is 9.66. The van der Waals surface area contributed by atoms with Gasteiger partial charge in [-0.3, -0.25) is 4.79 Å². The minimum absolute atomic E-state index is 0.0579. The molecule has 0 aromatic heterocycles. The summed E-state index contributed by atoms with van der Waals surface area (Å²) in [5, 5.41) is 5.78. The van der Waals surface area contributed by atoms with E-state index >= 15 is 0 Å². The maximum absolute atomic E-state index is 11.1. The highest BCUT2D eigenvalue weighted by Gasteiger charge is 1.99. The van der Waals surface area contributed by atoms with Gasteiger partial charge in [-0.05, 0) is 12.3 Å². The Morgan fingerprint density at radius 3 is 2.77 bits per heavy atom. The molecule has 3 nitrogen and oxygen atoms in total. The lowest BCUT2D eigenvalue weighted by molar-refractivity contribution is -0.120. The highest BCUT2D eigenvalue weighted by atomic mass is 16.1. The topological polar surface area (TPSA) is 41.1 Å². The summed E-state index contributed by atoms with van der Waals surface area (Å²) in [4.78, 5) is 11.1. The molecule has 3 heteroatoms. The van der Waals surface area contributed by atoms with Crippen LogP contribution in [0.5, 0.6) is 0 Å². The van der Waals surface area contributed by atoms with Crippen molar-refractivity contribution in [1.82, 2.24) is 10.6 Å². The van der Waals surface area contributed by atoms with Crippen molar-refractivity contribution >= 4 is 5.91 Å². The first kappa shape index (κ1) is 12.2. The minimum Gasteiger partial charge on any atom is -0.355 e. The van der Waals surface area contributed by atoms with E-state index in [0.717, 1.165) is 13.0 Å². The van der Waals surface area contributed by atoms with Crippen molar-refractivity contribution in [3.63, 3.8) is 0 Å². The molecule has 1 amide bonds. The molecule has 76 valence electrons. The highest BCUT2D eigenvalue weighted by Crippen LogP contribution is 1.95. The van der Waals surface area contributed by atoms with E-state index in [1.54, 1.807) is 6.08 Å². The van der Waals surface area contributed by atoms with Gasteiger partial charge < -0.3 is 10.6 Å². The highest BCUT2D eigenvalue weighted by molar-refractivity contribution is 5.77. The third kappa shape index (κ3) is 9.08. The largest absolute Gasteiger partial charge is 0.355 e. The van der Waals surface area contributed by atoms with Crippen LogP contribution < -0.4 is 10.6 Å². The summed E-state index contributed by atoms with van der Waals surface area (Å²) >= 11 is 0. The molecule has 0 radical (unpaired) electrons. The third-order valence-electron chi connectivity index (χ3n) is 1.62. The van der Waals surface area contributed by atoms with Gasteiger partial charge in [-0.1, -0.05) is 19.9 Å². The van der Waals surface area contributed by atoms with Crippen molar-refractivity contribution in [2.75, 3.05) is 19.6 Å². The number of carbonyl (C=O) groups is 1. The Hall–Kier alpha value is -0.830. The van der Waals surface area contributed by atoms with Crippen LogP contribution in [-0.2, 0) is 4.79 Å². The van der Waals surface area contributed by atoms with Crippen molar-refractivity contribution < 1.29 is 4.79 Å². The first-order chi connectivity index (χ1) is 6.16. The SMILES string of the molecule is C=CCNCC(=O)NCCC(C)C. The van der Waals surface area contributed by atoms with Gasteiger partial charge in [-0.15, -0.1) is 6.58 Å². The predicted octanol–water partition coefficient (Wildman–Crippen LogP) is 0.924. The van der Waals surface area contributed by atoms with Crippen LogP contribution >= 0.6 is 0 Å². The van der Waals surface area contributed by atoms with Gasteiger partial charge in [0.2, 0.25) is 5.91 Å². The van der Waals surface area contributed by atoms with E-state index in [0.29, 0.717) is 19.0 Å². The molecule has 0 saturated carbocycles. The molecule has 0 aliphatic heterocycles. The number of carbonyl (C=O) groups excluding carboxylic acids is 1. The number of hydrogen-bond acceptors (Lipinski definition) is 2. The zero-order chi connectivity index (χ0) is 10.1. The van der Waals surface area contributed by atoms with E-state index in [1.165, 1.54) is 0 Å². The van der Waals surface area contributed by atoms with Crippen LogP contribution in [-0.4, -0.2) is 25.5 Å². The van der Waals surface area contributed by atoms with Crippen molar-refractivity contribution in [2.45, 2.75) is 20.3 Å². The number of nitrogens with one attached hydrogen (secondary N) is 2. The average molecular weight is 184 g/mol. The quantitative estimate of drug-likeness (QED) is 0.456. The fourth-order valence-corrected chi connectivity index (χ4v) is 0.851. The summed E-state index contributed by atoms with van der Waals surface area (Å²) in [5.74, 6) is 0.698. The van der Waals surface area contributed by atoms with E-state index in [4.69, 9.17) is 0 Å². The molecule has 0 aliphatic rings. The van der Waals surface area contributed by atoms with Crippen LogP contribution in [0.3, 0.4) is 0 Å². The molecule has 0 aromatic carbocycles. The predicted molar refractivity (Wildman–Crippen MR) is 55.5 cm³/mol. The molecule has 0 aromatic rings. The van der Waals surface area contributed by atoms with Crippen molar-refractivity contribution in [1.29, 1.82) is 0 Å². The van der Waals surface area contributed by atoms with Crippen molar-refractivity contribution in [3.05, 3.63) is 12.7 Å². The molecule has 0 rings (SSSR count). The molecular weight excluding hydrogens is 164 g/mol. The third-order valence-corrected chi connectivity index (χ3v) is 1.62. The molecule has 0 fully saturated rings. The van der Waals surface area contributed by atoms with E-state index in [1.807, 2.05) is 0 Å². The smallest absolute Gasteiger partial charge is 0.233 e. The molecule has 0 aliphatic carbocycles. The Morgan fingerprint density at radius 1 is 1.54 bits per heavy atom. The maximum Gasteiger partial charge on any atom is 0.233 e. The van der Waals surface area contributed by atoms with E-state index in [9.17, 15) is 4.79 Å². The zero-order valence-corrected chi connectivity index (χ0v) is 8.60. The van der Waals surface area contributed by atoms with Crippen molar-refractivity contribution in [2.24, 2.45) is 5.92 Å². The molecule has 0 unspecified atom stereocenters. The second kappa shape index (κ2) is 7.80. The minimum atomic E-state index is 0.0579. The molecule has 0 atom stereocenters. The van der Waals surface area contributed by atoms with Crippen LogP contribution in [0.15, 0.2) is 12.7 Å². The van der Waals surface area contributed by atoms with Gasteiger partial charge in [0, 0.05) is 13.1 Å². The van der Waals surface area contributed by atoms with Gasteiger partial charge in [0.15, 0.2) is 0 Å². The molecule has 2 N–H and O–H groups in total. The molecule has 0 spiro atoms. The van der Waals surface area contributed by atoms with Gasteiger partial charge >= 0.3 is 0 Å². The van der Waals surface area contributed by atoms with E-state index in [-0.39, 0.29) is 5.91 Å². The van der Waals surface area contributed by atoms with Gasteiger partial charge in [-0.2, -0.15) is 0 Å². The van der Waals surface area contributed by atoms with E-state index in [2.05, 4.69) is 31.1 Å². The summed E-state index contributed by atoms with van der Waals surface area (Å²) in [5.41, 5.74) is 0. The molecular formula is C10H20N2O. The first-order valence-corrected chi connectivity index (χ1v) is 4.75. The lowest BCUT2D eigenvalue weighted by Gasteiger charge is -2.06. The number of amides is 1. The Morgan fingerprint density at radius 2 is 2.23 bits per heavy atom. The summed E-state index contributed by atoms with van der Waals surface area (Å²) in [6.07, 6.45) is 2.77. The molecule has 0 bridgehead atoms. The Kier molecular flexibility index (Phi) is 7.30. The Labute approximate surface area is 80.6 Å². The van der Waals surface area contributed by atoms with Crippen LogP contribution in [0.2, 0.25) is 0 Å². The fraction of sp³-hybridized carbons (Fsp3) is 0.700. The molecule has 0 heterocycles. The van der Waals surface area contributed by atoms with Crippen LogP contribution in [0.25, 0.3) is 0 Å². The van der Waals surface area contributed by atoms with Gasteiger partial charge in [0.05, 0.1) is 6.54 Å². The average Bonchev–Trinajstić information content (AvgIpc) is 2.04. The maximum atomic E-state index is 11.1. The zero-order valence-electron chi connectivity index (χ0n) is 8.60. The number of rotatable bonds is 7. The lowest BCUT2D eigenvalue weighted by Crippen LogP contribution is -2.34. The number of hydrogen-bond donors (Lipinski definition) is 2.